The van der Waals surface area contributed by atoms with Crippen molar-refractivity contribution < 1.29 is 14.3 Å². The lowest BCUT2D eigenvalue weighted by Gasteiger charge is -2.31. The van der Waals surface area contributed by atoms with E-state index in [1.807, 2.05) is 54.6 Å². The number of nitrogens with zero attached hydrogens (tertiary/aromatic N) is 2. The van der Waals surface area contributed by atoms with Crippen LogP contribution in [-0.4, -0.2) is 18.7 Å². The summed E-state index contributed by atoms with van der Waals surface area (Å²) in [4.78, 5) is 28.8. The molecule has 5 heteroatoms. The Labute approximate surface area is 179 Å². The largest absolute Gasteiger partial charge is 0.497 e. The molecule has 2 aliphatic rings. The number of nitriles is 1. The van der Waals surface area contributed by atoms with Crippen molar-refractivity contribution in [2.75, 3.05) is 12.0 Å². The summed E-state index contributed by atoms with van der Waals surface area (Å²) in [6, 6.07) is 23.6. The molecular formula is C26H18N2O3. The van der Waals surface area contributed by atoms with Gasteiger partial charge in [0.25, 0.3) is 0 Å². The minimum absolute atomic E-state index is 0.0797. The van der Waals surface area contributed by atoms with E-state index in [1.54, 1.807) is 31.4 Å². The Morgan fingerprint density at radius 2 is 1.55 bits per heavy atom. The van der Waals surface area contributed by atoms with Gasteiger partial charge < -0.3 is 9.64 Å². The molecule has 3 aromatic carbocycles. The third-order valence-corrected chi connectivity index (χ3v) is 5.95. The first-order valence-corrected chi connectivity index (χ1v) is 9.95. The molecule has 1 atom stereocenters. The molecule has 1 aliphatic carbocycles. The Morgan fingerprint density at radius 3 is 2.23 bits per heavy atom. The van der Waals surface area contributed by atoms with Crippen LogP contribution in [0.4, 0.5) is 5.69 Å². The first-order valence-electron chi connectivity index (χ1n) is 9.95. The van der Waals surface area contributed by atoms with E-state index in [0.29, 0.717) is 12.1 Å². The van der Waals surface area contributed by atoms with Crippen molar-refractivity contribution in [2.24, 2.45) is 0 Å². The Morgan fingerprint density at radius 1 is 0.903 bits per heavy atom. The number of anilines is 1. The summed E-state index contributed by atoms with van der Waals surface area (Å²) in [5, 5.41) is 9.89. The average Bonchev–Trinajstić information content (AvgIpc) is 3.20. The molecule has 0 fully saturated rings. The maximum absolute atomic E-state index is 13.6. The summed E-state index contributed by atoms with van der Waals surface area (Å²) < 4.78 is 5.27. The van der Waals surface area contributed by atoms with E-state index < -0.39 is 11.8 Å². The lowest BCUT2D eigenvalue weighted by Crippen LogP contribution is -2.31. The number of hydrogen-bond donors (Lipinski definition) is 0. The van der Waals surface area contributed by atoms with E-state index in [2.05, 4.69) is 4.90 Å². The van der Waals surface area contributed by atoms with E-state index in [4.69, 9.17) is 4.74 Å². The standard InChI is InChI=1S/C26H18N2O3/c1-31-18-12-10-17(11-13-18)28-15-16-6-2-3-7-19(16)24(28)23-22(14-27)25(29)20-8-4-5-9-21(20)26(23)30/h2-13,24H,15H2,1H3. The van der Waals surface area contributed by atoms with Gasteiger partial charge in [-0.25, -0.2) is 0 Å². The molecule has 1 heterocycles. The summed E-state index contributed by atoms with van der Waals surface area (Å²) in [5.74, 6) is 0.0607. The molecule has 0 bridgehead atoms. The highest BCUT2D eigenvalue weighted by atomic mass is 16.5. The monoisotopic (exact) mass is 406 g/mol. The second kappa shape index (κ2) is 7.26. The Kier molecular flexibility index (Phi) is 4.41. The van der Waals surface area contributed by atoms with Gasteiger partial charge in [0.1, 0.15) is 17.4 Å². The van der Waals surface area contributed by atoms with Crippen LogP contribution in [0.15, 0.2) is 83.9 Å². The van der Waals surface area contributed by atoms with Crippen molar-refractivity contribution in [1.82, 2.24) is 0 Å². The van der Waals surface area contributed by atoms with Gasteiger partial charge in [0, 0.05) is 28.9 Å². The smallest absolute Gasteiger partial charge is 0.204 e. The predicted molar refractivity (Wildman–Crippen MR) is 116 cm³/mol. The fraction of sp³-hybridized carbons (Fsp3) is 0.115. The maximum Gasteiger partial charge on any atom is 0.204 e. The third kappa shape index (κ3) is 2.84. The number of rotatable bonds is 3. The number of Topliss-reactive ketones (excluding diaryl/α,β-unsaturated/α-hetero) is 2. The number of benzene rings is 3. The molecule has 1 unspecified atom stereocenters. The van der Waals surface area contributed by atoms with Gasteiger partial charge in [-0.2, -0.15) is 5.26 Å². The zero-order valence-electron chi connectivity index (χ0n) is 16.8. The predicted octanol–water partition coefficient (Wildman–Crippen LogP) is 4.66. The fourth-order valence-corrected chi connectivity index (χ4v) is 4.48. The van der Waals surface area contributed by atoms with Crippen molar-refractivity contribution in [3.8, 4) is 11.8 Å². The molecular weight excluding hydrogens is 388 g/mol. The summed E-state index contributed by atoms with van der Waals surface area (Å²) in [6.45, 7) is 0.568. The minimum Gasteiger partial charge on any atom is -0.497 e. The van der Waals surface area contributed by atoms with E-state index >= 15 is 0 Å². The Balaban J connectivity index is 1.72. The molecule has 3 aromatic rings. The topological polar surface area (TPSA) is 70.4 Å². The van der Waals surface area contributed by atoms with Crippen LogP contribution >= 0.6 is 0 Å². The SMILES string of the molecule is COc1ccc(N2Cc3ccccc3C2C2=C(C#N)C(=O)c3ccccc3C2=O)cc1. The van der Waals surface area contributed by atoms with Crippen LogP contribution in [0.3, 0.4) is 0 Å². The second-order valence-electron chi connectivity index (χ2n) is 7.53. The van der Waals surface area contributed by atoms with Gasteiger partial charge in [0.15, 0.2) is 5.78 Å². The number of ether oxygens (including phenoxy) is 1. The van der Waals surface area contributed by atoms with Crippen LogP contribution < -0.4 is 9.64 Å². The maximum atomic E-state index is 13.6. The highest BCUT2D eigenvalue weighted by molar-refractivity contribution is 6.29. The highest BCUT2D eigenvalue weighted by Gasteiger charge is 2.42. The van der Waals surface area contributed by atoms with Crippen LogP contribution in [0.25, 0.3) is 0 Å². The van der Waals surface area contributed by atoms with Gasteiger partial charge in [0.2, 0.25) is 5.78 Å². The van der Waals surface area contributed by atoms with Crippen molar-refractivity contribution in [1.29, 1.82) is 5.26 Å². The first kappa shape index (κ1) is 18.8. The Bertz CT molecular complexity index is 1300. The van der Waals surface area contributed by atoms with Crippen molar-refractivity contribution in [3.05, 3.63) is 106 Å². The molecule has 5 rings (SSSR count). The second-order valence-corrected chi connectivity index (χ2v) is 7.53. The van der Waals surface area contributed by atoms with Crippen LogP contribution in [0.2, 0.25) is 0 Å². The van der Waals surface area contributed by atoms with Crippen molar-refractivity contribution in [3.63, 3.8) is 0 Å². The van der Waals surface area contributed by atoms with Crippen LogP contribution in [0.1, 0.15) is 37.9 Å². The zero-order chi connectivity index (χ0) is 21.5. The lowest BCUT2D eigenvalue weighted by molar-refractivity contribution is 0.0973. The average molecular weight is 406 g/mol. The number of ketones is 2. The van der Waals surface area contributed by atoms with Gasteiger partial charge in [0.05, 0.1) is 13.2 Å². The molecule has 0 N–H and O–H groups in total. The van der Waals surface area contributed by atoms with Gasteiger partial charge in [-0.3, -0.25) is 9.59 Å². The summed E-state index contributed by atoms with van der Waals surface area (Å²) >= 11 is 0. The van der Waals surface area contributed by atoms with E-state index in [1.165, 1.54) is 0 Å². The minimum atomic E-state index is -0.524. The van der Waals surface area contributed by atoms with E-state index in [9.17, 15) is 14.9 Å². The van der Waals surface area contributed by atoms with Crippen LogP contribution in [-0.2, 0) is 6.54 Å². The summed E-state index contributed by atoms with van der Waals surface area (Å²) in [7, 11) is 1.61. The van der Waals surface area contributed by atoms with Crippen LogP contribution in [0.5, 0.6) is 5.75 Å². The lowest BCUT2D eigenvalue weighted by atomic mass is 9.79. The fourth-order valence-electron chi connectivity index (χ4n) is 4.48. The number of allylic oxidation sites excluding steroid dienone is 1. The number of carbonyl (C=O) groups is 2. The quantitative estimate of drug-likeness (QED) is 0.633. The normalized spacial score (nSPS) is 17.3. The molecule has 0 spiro atoms. The van der Waals surface area contributed by atoms with Gasteiger partial charge in [-0.15, -0.1) is 0 Å². The summed E-state index contributed by atoms with van der Waals surface area (Å²) in [6.07, 6.45) is 0. The van der Waals surface area contributed by atoms with Gasteiger partial charge in [-0.1, -0.05) is 48.5 Å². The van der Waals surface area contributed by atoms with Gasteiger partial charge >= 0.3 is 0 Å². The summed E-state index contributed by atoms with van der Waals surface area (Å²) in [5.41, 5.74) is 3.67. The number of carbonyl (C=O) groups excluding carboxylic acids is 2. The molecule has 31 heavy (non-hydrogen) atoms. The molecule has 0 amide bonds. The molecule has 0 radical (unpaired) electrons. The number of hydrogen-bond acceptors (Lipinski definition) is 5. The molecule has 1 aliphatic heterocycles. The zero-order valence-corrected chi connectivity index (χ0v) is 16.8. The van der Waals surface area contributed by atoms with E-state index in [-0.39, 0.29) is 22.5 Å². The van der Waals surface area contributed by atoms with Crippen molar-refractivity contribution in [2.45, 2.75) is 12.6 Å². The molecule has 0 saturated carbocycles. The molecule has 0 aromatic heterocycles. The molecule has 5 nitrogen and oxygen atoms in total. The van der Waals surface area contributed by atoms with Crippen LogP contribution in [0, 0.1) is 11.3 Å². The number of fused-ring (bicyclic) bond motifs is 2. The van der Waals surface area contributed by atoms with Gasteiger partial charge in [-0.05, 0) is 35.4 Å². The molecule has 0 saturated heterocycles. The molecule has 150 valence electrons. The third-order valence-electron chi connectivity index (χ3n) is 5.95. The Hall–Kier alpha value is -4.17. The van der Waals surface area contributed by atoms with E-state index in [0.717, 1.165) is 22.6 Å². The first-order chi connectivity index (χ1) is 15.1. The number of methoxy groups -OCH3 is 1. The van der Waals surface area contributed by atoms with Crippen molar-refractivity contribution >= 4 is 17.3 Å². The highest BCUT2D eigenvalue weighted by Crippen LogP contribution is 2.45.